The van der Waals surface area contributed by atoms with Crippen molar-refractivity contribution < 1.29 is 31.9 Å². The fourth-order valence-electron chi connectivity index (χ4n) is 7.19. The minimum absolute atomic E-state index is 0.0136. The van der Waals surface area contributed by atoms with E-state index in [0.29, 0.717) is 56.6 Å². The summed E-state index contributed by atoms with van der Waals surface area (Å²) in [6.45, 7) is 0.892. The normalized spacial score (nSPS) is 28.4. The zero-order valence-electron chi connectivity index (χ0n) is 25.7. The Bertz CT molecular complexity index is 1470. The Balaban J connectivity index is 1.42. The quantitative estimate of drug-likeness (QED) is 0.364. The summed E-state index contributed by atoms with van der Waals surface area (Å²) < 4.78 is 53.4. The van der Waals surface area contributed by atoms with Gasteiger partial charge in [-0.3, -0.25) is 4.79 Å². The number of ether oxygens (including phenoxy) is 2. The first-order chi connectivity index (χ1) is 21.6. The van der Waals surface area contributed by atoms with E-state index >= 15 is 4.39 Å². The van der Waals surface area contributed by atoms with Crippen molar-refractivity contribution in [3.05, 3.63) is 64.4 Å². The number of carbonyl (C=O) groups excluding carboxylic acids is 2. The van der Waals surface area contributed by atoms with Crippen LogP contribution in [0.5, 0.6) is 0 Å². The van der Waals surface area contributed by atoms with Crippen LogP contribution in [-0.2, 0) is 36.1 Å². The minimum atomic E-state index is -3.40. The summed E-state index contributed by atoms with van der Waals surface area (Å²) in [5.41, 5.74) is 0.560. The summed E-state index contributed by atoms with van der Waals surface area (Å²) in [4.78, 5) is 26.9. The van der Waals surface area contributed by atoms with Crippen molar-refractivity contribution in [3.8, 4) is 0 Å². The van der Waals surface area contributed by atoms with Crippen LogP contribution < -0.4 is 16.0 Å². The maximum Gasteiger partial charge on any atom is 0.407 e. The molecule has 45 heavy (non-hydrogen) atoms. The number of methoxy groups -OCH3 is 2. The first-order valence-corrected chi connectivity index (χ1v) is 17.5. The number of hydrogen-bond donors (Lipinski definition) is 3. The standard InChI is InChI=1S/C32H42ClFN4O6S/c1-43-25-14-16-32(17-15-25,21-8-10-22(33)11-9-21)29(37-31(40)44-2)30(39)36-28-7-3-6-27(34)26(28)13-12-24-19-35-23-5-4-18-45(41,42)38(24)20-23/h3,6-11,23-25,29,35H,4-5,12-20H2,1-2H3,(H,36,39)(H,37,40)/t23-,24+,25?,29-,32?/m1/s1. The van der Waals surface area contributed by atoms with Gasteiger partial charge >= 0.3 is 6.09 Å². The van der Waals surface area contributed by atoms with E-state index in [9.17, 15) is 18.0 Å². The second-order valence-corrected chi connectivity index (χ2v) is 14.7. The summed E-state index contributed by atoms with van der Waals surface area (Å²) in [5.74, 6) is -0.911. The highest BCUT2D eigenvalue weighted by atomic mass is 35.5. The van der Waals surface area contributed by atoms with Crippen LogP contribution >= 0.6 is 11.6 Å². The predicted octanol–water partition coefficient (Wildman–Crippen LogP) is 4.37. The number of amides is 2. The molecule has 10 nitrogen and oxygen atoms in total. The lowest BCUT2D eigenvalue weighted by atomic mass is 9.64. The number of carbonyl (C=O) groups is 2. The van der Waals surface area contributed by atoms with Gasteiger partial charge in [0.2, 0.25) is 15.9 Å². The fraction of sp³-hybridized carbons (Fsp3) is 0.562. The maximum absolute atomic E-state index is 15.4. The van der Waals surface area contributed by atoms with Crippen molar-refractivity contribution in [1.29, 1.82) is 0 Å². The molecule has 2 aliphatic heterocycles. The van der Waals surface area contributed by atoms with Crippen LogP contribution in [0.3, 0.4) is 0 Å². The van der Waals surface area contributed by atoms with Crippen molar-refractivity contribution in [3.63, 3.8) is 0 Å². The molecule has 13 heteroatoms. The Labute approximate surface area is 269 Å². The number of sulfonamides is 1. The number of benzene rings is 2. The molecule has 1 saturated carbocycles. The molecule has 2 heterocycles. The third-order valence-electron chi connectivity index (χ3n) is 9.71. The van der Waals surface area contributed by atoms with Gasteiger partial charge in [0, 0.05) is 54.0 Å². The molecular weight excluding hydrogens is 623 g/mol. The topological polar surface area (TPSA) is 126 Å². The van der Waals surface area contributed by atoms with Crippen LogP contribution in [0.1, 0.15) is 56.1 Å². The number of nitrogens with zero attached hydrogens (tertiary/aromatic N) is 1. The SMILES string of the molecule is COC(=O)N[C@H](C(=O)Nc1cccc(F)c1CC[C@H]1CN[C@@H]2CCCS(=O)(=O)N1C2)C1(c2ccc(Cl)cc2)CCC(OC)CC1. The second-order valence-electron chi connectivity index (χ2n) is 12.2. The molecule has 0 spiro atoms. The van der Waals surface area contributed by atoms with Crippen molar-refractivity contribution >= 4 is 39.3 Å². The van der Waals surface area contributed by atoms with Gasteiger partial charge in [-0.1, -0.05) is 29.8 Å². The lowest BCUT2D eigenvalue weighted by Crippen LogP contribution is -2.58. The van der Waals surface area contributed by atoms with Gasteiger partial charge in [0.25, 0.3) is 0 Å². The average molecular weight is 665 g/mol. The van der Waals surface area contributed by atoms with Gasteiger partial charge in [-0.15, -0.1) is 0 Å². The molecule has 2 aromatic carbocycles. The van der Waals surface area contributed by atoms with Gasteiger partial charge in [-0.25, -0.2) is 17.6 Å². The van der Waals surface area contributed by atoms with E-state index in [-0.39, 0.29) is 41.6 Å². The van der Waals surface area contributed by atoms with E-state index in [1.54, 1.807) is 29.6 Å². The Morgan fingerprint density at radius 1 is 1.13 bits per heavy atom. The van der Waals surface area contributed by atoms with E-state index in [4.69, 9.17) is 21.1 Å². The highest BCUT2D eigenvalue weighted by Gasteiger charge is 2.48. The number of halogens is 2. The number of piperazine rings is 1. The van der Waals surface area contributed by atoms with Gasteiger partial charge in [-0.05, 0) is 81.2 Å². The zero-order chi connectivity index (χ0) is 32.2. The van der Waals surface area contributed by atoms with Crippen LogP contribution in [0.2, 0.25) is 5.02 Å². The Kier molecular flexibility index (Phi) is 10.7. The third kappa shape index (κ3) is 7.46. The molecule has 1 aliphatic carbocycles. The molecule has 0 aromatic heterocycles. The summed E-state index contributed by atoms with van der Waals surface area (Å²) in [5, 5.41) is 9.68. The van der Waals surface area contributed by atoms with E-state index in [2.05, 4.69) is 16.0 Å². The van der Waals surface area contributed by atoms with Gasteiger partial charge in [-0.2, -0.15) is 4.31 Å². The zero-order valence-corrected chi connectivity index (χ0v) is 27.3. The number of hydrogen-bond acceptors (Lipinski definition) is 7. The molecule has 2 aromatic rings. The van der Waals surface area contributed by atoms with Gasteiger partial charge in [0.1, 0.15) is 11.9 Å². The van der Waals surface area contributed by atoms with Crippen LogP contribution in [0.15, 0.2) is 42.5 Å². The highest BCUT2D eigenvalue weighted by Crippen LogP contribution is 2.44. The third-order valence-corrected chi connectivity index (χ3v) is 11.9. The monoisotopic (exact) mass is 664 g/mol. The molecule has 3 fully saturated rings. The molecule has 2 amide bonds. The number of rotatable bonds is 9. The molecule has 2 saturated heterocycles. The number of anilines is 1. The molecular formula is C32H42ClFN4O6S. The van der Waals surface area contributed by atoms with Gasteiger partial charge in [0.15, 0.2) is 0 Å². The fourth-order valence-corrected chi connectivity index (χ4v) is 9.12. The van der Waals surface area contributed by atoms with E-state index in [0.717, 1.165) is 12.0 Å². The molecule has 3 N–H and O–H groups in total. The van der Waals surface area contributed by atoms with Crippen molar-refractivity contribution in [1.82, 2.24) is 14.9 Å². The summed E-state index contributed by atoms with van der Waals surface area (Å²) in [6.07, 6.45) is 3.62. The average Bonchev–Trinajstić information content (AvgIpc) is 3.15. The lowest BCUT2D eigenvalue weighted by molar-refractivity contribution is -0.120. The number of fused-ring (bicyclic) bond motifs is 2. The maximum atomic E-state index is 15.4. The van der Waals surface area contributed by atoms with Crippen LogP contribution in [0, 0.1) is 5.82 Å². The smallest absolute Gasteiger partial charge is 0.407 e. The lowest BCUT2D eigenvalue weighted by Gasteiger charge is -2.45. The molecule has 0 radical (unpaired) electrons. The number of nitrogens with one attached hydrogen (secondary N) is 3. The molecule has 4 atom stereocenters. The Hall–Kier alpha value is -2.77. The molecule has 5 rings (SSSR count). The van der Waals surface area contributed by atoms with Crippen molar-refractivity contribution in [2.75, 3.05) is 38.4 Å². The summed E-state index contributed by atoms with van der Waals surface area (Å²) >= 11 is 6.20. The Morgan fingerprint density at radius 2 is 1.87 bits per heavy atom. The molecule has 1 unspecified atom stereocenters. The van der Waals surface area contributed by atoms with Gasteiger partial charge < -0.3 is 25.4 Å². The summed E-state index contributed by atoms with van der Waals surface area (Å²) in [7, 11) is -0.510. The predicted molar refractivity (Wildman–Crippen MR) is 170 cm³/mol. The van der Waals surface area contributed by atoms with Crippen LogP contribution in [0.25, 0.3) is 0 Å². The van der Waals surface area contributed by atoms with E-state index in [1.807, 2.05) is 12.1 Å². The molecule has 2 bridgehead atoms. The number of alkyl carbamates (subject to hydrolysis) is 1. The first-order valence-electron chi connectivity index (χ1n) is 15.5. The first kappa shape index (κ1) is 33.6. The van der Waals surface area contributed by atoms with E-state index in [1.165, 1.54) is 19.2 Å². The van der Waals surface area contributed by atoms with Crippen LogP contribution in [-0.4, -0.2) is 82.0 Å². The highest BCUT2D eigenvalue weighted by molar-refractivity contribution is 7.89. The van der Waals surface area contributed by atoms with Gasteiger partial charge in [0.05, 0.1) is 19.0 Å². The second kappa shape index (κ2) is 14.3. The molecule has 3 aliphatic rings. The van der Waals surface area contributed by atoms with Crippen molar-refractivity contribution in [2.24, 2.45) is 0 Å². The van der Waals surface area contributed by atoms with Crippen LogP contribution in [0.4, 0.5) is 14.9 Å². The van der Waals surface area contributed by atoms with E-state index < -0.39 is 39.3 Å². The summed E-state index contributed by atoms with van der Waals surface area (Å²) in [6, 6.07) is 10.4. The van der Waals surface area contributed by atoms with Crippen molar-refractivity contribution in [2.45, 2.75) is 81.0 Å². The Morgan fingerprint density at radius 3 is 2.56 bits per heavy atom. The minimum Gasteiger partial charge on any atom is -0.453 e. The largest absolute Gasteiger partial charge is 0.453 e. The molecule has 246 valence electrons.